The van der Waals surface area contributed by atoms with E-state index in [9.17, 15) is 14.4 Å². The highest BCUT2D eigenvalue weighted by atomic mass is 16.4. The molecule has 0 aliphatic carbocycles. The molecule has 108 valence electrons. The van der Waals surface area contributed by atoms with Crippen LogP contribution in [-0.2, 0) is 9.59 Å². The van der Waals surface area contributed by atoms with E-state index in [1.807, 2.05) is 0 Å². The lowest BCUT2D eigenvalue weighted by Gasteiger charge is -2.21. The molecule has 1 aromatic carbocycles. The Hall–Kier alpha value is -2.57. The lowest BCUT2D eigenvalue weighted by atomic mass is 10.1. The van der Waals surface area contributed by atoms with E-state index in [1.54, 1.807) is 24.3 Å². The molecule has 20 heavy (non-hydrogen) atoms. The zero-order chi connectivity index (χ0) is 15.3. The van der Waals surface area contributed by atoms with Crippen LogP contribution in [0.25, 0.3) is 0 Å². The highest BCUT2D eigenvalue weighted by Gasteiger charge is 2.28. The molecular formula is C13H17N3O4. The van der Waals surface area contributed by atoms with Crippen LogP contribution in [0.4, 0.5) is 16.2 Å². The van der Waals surface area contributed by atoms with E-state index >= 15 is 0 Å². The van der Waals surface area contributed by atoms with Crippen molar-refractivity contribution in [2.45, 2.75) is 26.3 Å². The van der Waals surface area contributed by atoms with E-state index in [4.69, 9.17) is 5.11 Å². The fourth-order valence-corrected chi connectivity index (χ4v) is 1.38. The molecule has 0 spiro atoms. The van der Waals surface area contributed by atoms with Crippen LogP contribution in [-0.4, -0.2) is 28.6 Å². The second-order valence-electron chi connectivity index (χ2n) is 4.77. The molecule has 1 rings (SSSR count). The van der Waals surface area contributed by atoms with Gasteiger partial charge in [0.25, 0.3) is 0 Å². The fraction of sp³-hybridized carbons (Fsp3) is 0.308. The maximum atomic E-state index is 11.7. The largest absolute Gasteiger partial charge is 0.480 e. The molecule has 0 radical (unpaired) electrons. The summed E-state index contributed by atoms with van der Waals surface area (Å²) in [4.78, 5) is 33.5. The Labute approximate surface area is 116 Å². The van der Waals surface area contributed by atoms with E-state index in [0.717, 1.165) is 0 Å². The van der Waals surface area contributed by atoms with Crippen molar-refractivity contribution in [3.63, 3.8) is 0 Å². The number of carboxylic acid groups (broad SMARTS) is 1. The normalized spacial score (nSPS) is 10.6. The van der Waals surface area contributed by atoms with Crippen LogP contribution in [0.1, 0.15) is 20.8 Å². The molecule has 7 heteroatoms. The monoisotopic (exact) mass is 279 g/mol. The van der Waals surface area contributed by atoms with Gasteiger partial charge in [-0.1, -0.05) is 6.07 Å². The summed E-state index contributed by atoms with van der Waals surface area (Å²) in [6.07, 6.45) is 0. The van der Waals surface area contributed by atoms with Crippen molar-refractivity contribution >= 4 is 29.3 Å². The molecule has 0 aliphatic rings. The van der Waals surface area contributed by atoms with Gasteiger partial charge in [0, 0.05) is 18.3 Å². The first-order valence-corrected chi connectivity index (χ1v) is 5.91. The van der Waals surface area contributed by atoms with Crippen LogP contribution in [0, 0.1) is 0 Å². The predicted molar refractivity (Wildman–Crippen MR) is 74.6 cm³/mol. The Morgan fingerprint density at radius 2 is 1.65 bits per heavy atom. The third-order valence-corrected chi connectivity index (χ3v) is 2.40. The van der Waals surface area contributed by atoms with E-state index in [-0.39, 0.29) is 5.91 Å². The quantitative estimate of drug-likeness (QED) is 0.671. The van der Waals surface area contributed by atoms with E-state index in [2.05, 4.69) is 16.0 Å². The smallest absolute Gasteiger partial charge is 0.328 e. The molecule has 0 saturated carbocycles. The Kier molecular flexibility index (Phi) is 4.68. The van der Waals surface area contributed by atoms with Crippen LogP contribution < -0.4 is 16.0 Å². The minimum Gasteiger partial charge on any atom is -0.480 e. The molecule has 0 bridgehead atoms. The van der Waals surface area contributed by atoms with Crippen molar-refractivity contribution in [1.29, 1.82) is 0 Å². The van der Waals surface area contributed by atoms with Crippen molar-refractivity contribution in [3.05, 3.63) is 24.3 Å². The van der Waals surface area contributed by atoms with E-state index in [0.29, 0.717) is 11.4 Å². The first-order valence-electron chi connectivity index (χ1n) is 5.91. The molecule has 1 aromatic rings. The summed E-state index contributed by atoms with van der Waals surface area (Å²) >= 11 is 0. The summed E-state index contributed by atoms with van der Waals surface area (Å²) in [5.41, 5.74) is -0.401. The molecule has 0 fully saturated rings. The van der Waals surface area contributed by atoms with Gasteiger partial charge in [0.15, 0.2) is 0 Å². The predicted octanol–water partition coefficient (Wildman–Crippen LogP) is 1.63. The minimum absolute atomic E-state index is 0.224. The third kappa shape index (κ3) is 4.60. The number of amides is 3. The average Bonchev–Trinajstić information content (AvgIpc) is 2.26. The van der Waals surface area contributed by atoms with Crippen molar-refractivity contribution in [2.24, 2.45) is 0 Å². The summed E-state index contributed by atoms with van der Waals surface area (Å²) in [6, 6.07) is 5.87. The van der Waals surface area contributed by atoms with Crippen LogP contribution in [0.15, 0.2) is 24.3 Å². The summed E-state index contributed by atoms with van der Waals surface area (Å²) in [7, 11) is 0. The number of rotatable bonds is 4. The summed E-state index contributed by atoms with van der Waals surface area (Å²) in [6.45, 7) is 4.13. The second-order valence-corrected chi connectivity index (χ2v) is 4.77. The third-order valence-electron chi connectivity index (χ3n) is 2.40. The molecule has 3 amide bonds. The van der Waals surface area contributed by atoms with Gasteiger partial charge in [-0.05, 0) is 32.0 Å². The molecule has 4 N–H and O–H groups in total. The summed E-state index contributed by atoms with van der Waals surface area (Å²) in [5.74, 6) is -1.36. The summed E-state index contributed by atoms with van der Waals surface area (Å²) in [5, 5.41) is 16.3. The molecule has 0 atom stereocenters. The maximum Gasteiger partial charge on any atom is 0.328 e. The van der Waals surface area contributed by atoms with Crippen molar-refractivity contribution in [1.82, 2.24) is 5.32 Å². The first kappa shape index (κ1) is 15.5. The number of benzene rings is 1. The fourth-order valence-electron chi connectivity index (χ4n) is 1.38. The van der Waals surface area contributed by atoms with Gasteiger partial charge >= 0.3 is 12.0 Å². The topological polar surface area (TPSA) is 108 Å². The Morgan fingerprint density at radius 1 is 1.10 bits per heavy atom. The number of anilines is 2. The van der Waals surface area contributed by atoms with Gasteiger partial charge in [-0.2, -0.15) is 0 Å². The summed E-state index contributed by atoms with van der Waals surface area (Å²) < 4.78 is 0. The standard InChI is InChI=1S/C13H17N3O4/c1-8(17)14-9-5-4-6-10(7-9)15-12(20)16-13(2,3)11(18)19/h4-7H,1-3H3,(H,14,17)(H,18,19)(H2,15,16,20). The van der Waals surface area contributed by atoms with Gasteiger partial charge in [-0.3, -0.25) is 4.79 Å². The molecule has 0 heterocycles. The van der Waals surface area contributed by atoms with Crippen LogP contribution >= 0.6 is 0 Å². The maximum absolute atomic E-state index is 11.7. The zero-order valence-corrected chi connectivity index (χ0v) is 11.5. The zero-order valence-electron chi connectivity index (χ0n) is 11.5. The molecular weight excluding hydrogens is 262 g/mol. The molecule has 0 saturated heterocycles. The Balaban J connectivity index is 2.71. The molecule has 7 nitrogen and oxygen atoms in total. The minimum atomic E-state index is -1.38. The molecule has 0 aliphatic heterocycles. The van der Waals surface area contributed by atoms with Crippen LogP contribution in [0.5, 0.6) is 0 Å². The lowest BCUT2D eigenvalue weighted by Crippen LogP contribution is -2.51. The number of aliphatic carboxylic acids is 1. The number of carboxylic acids is 1. The van der Waals surface area contributed by atoms with Crippen LogP contribution in [0.2, 0.25) is 0 Å². The molecule has 0 unspecified atom stereocenters. The number of urea groups is 1. The second kappa shape index (κ2) is 6.05. The first-order chi connectivity index (χ1) is 9.20. The van der Waals surface area contributed by atoms with E-state index < -0.39 is 17.5 Å². The van der Waals surface area contributed by atoms with E-state index in [1.165, 1.54) is 20.8 Å². The van der Waals surface area contributed by atoms with Crippen molar-refractivity contribution in [3.8, 4) is 0 Å². The van der Waals surface area contributed by atoms with Crippen LogP contribution in [0.3, 0.4) is 0 Å². The van der Waals surface area contributed by atoms with Gasteiger partial charge in [-0.25, -0.2) is 9.59 Å². The van der Waals surface area contributed by atoms with Gasteiger partial charge in [0.05, 0.1) is 0 Å². The molecule has 0 aromatic heterocycles. The van der Waals surface area contributed by atoms with Gasteiger partial charge in [-0.15, -0.1) is 0 Å². The number of carbonyl (C=O) groups is 3. The van der Waals surface area contributed by atoms with Gasteiger partial charge in [0.2, 0.25) is 5.91 Å². The average molecular weight is 279 g/mol. The number of hydrogen-bond acceptors (Lipinski definition) is 3. The Bertz CT molecular complexity index is 540. The highest BCUT2D eigenvalue weighted by Crippen LogP contribution is 2.15. The number of nitrogens with one attached hydrogen (secondary N) is 3. The van der Waals surface area contributed by atoms with Crippen molar-refractivity contribution < 1.29 is 19.5 Å². The van der Waals surface area contributed by atoms with Gasteiger partial charge in [0.1, 0.15) is 5.54 Å². The SMILES string of the molecule is CC(=O)Nc1cccc(NC(=O)NC(C)(C)C(=O)O)c1. The number of hydrogen-bond donors (Lipinski definition) is 4. The highest BCUT2D eigenvalue weighted by molar-refractivity contribution is 5.95. The van der Waals surface area contributed by atoms with Gasteiger partial charge < -0.3 is 21.1 Å². The Morgan fingerprint density at radius 3 is 2.15 bits per heavy atom. The lowest BCUT2D eigenvalue weighted by molar-refractivity contribution is -0.142. The van der Waals surface area contributed by atoms with Crippen molar-refractivity contribution in [2.75, 3.05) is 10.6 Å². The number of carbonyl (C=O) groups excluding carboxylic acids is 2.